The number of epoxide rings is 1. The summed E-state index contributed by atoms with van der Waals surface area (Å²) >= 11 is 0.116. The number of ether oxygens (including phenoxy) is 2. The zero-order valence-corrected chi connectivity index (χ0v) is 7.45. The molecule has 0 spiro atoms. The Kier molecular flexibility index (Phi) is 1.86. The first kappa shape index (κ1) is 6.54. The molecule has 2 aliphatic heterocycles. The van der Waals surface area contributed by atoms with Crippen LogP contribution in [0.15, 0.2) is 22.0 Å². The smallest absolute Gasteiger partial charge is 0.223 e. The van der Waals surface area contributed by atoms with Gasteiger partial charge in [-0.3, -0.25) is 0 Å². The summed E-state index contributed by atoms with van der Waals surface area (Å²) < 4.78 is 14.6. The van der Waals surface area contributed by atoms with Crippen LogP contribution < -0.4 is 0 Å². The molecule has 2 heterocycles. The van der Waals surface area contributed by atoms with Crippen molar-refractivity contribution in [2.45, 2.75) is 6.29 Å². The molecule has 1 saturated heterocycles. The van der Waals surface area contributed by atoms with Crippen LogP contribution in [0.25, 0.3) is 0 Å². The Morgan fingerprint density at radius 3 is 3.20 bits per heavy atom. The summed E-state index contributed by atoms with van der Waals surface area (Å²) in [5.74, 6) is 0.984. The third kappa shape index (κ3) is 1.67. The molecule has 54 valence electrons. The number of rotatable bonds is 2. The first-order valence-electron chi connectivity index (χ1n) is 3.05. The largest absolute Gasteiger partial charge is 0.462 e. The van der Waals surface area contributed by atoms with Crippen LogP contribution >= 0.6 is 20.7 Å². The van der Waals surface area contributed by atoms with Crippen molar-refractivity contribution in [3.05, 3.63) is 22.0 Å². The minimum Gasteiger partial charge on any atom is -0.462 e. The molecular formula is C7H7IO2. The SMILES string of the molecule is C1=CC(OC2CO2)=CI=C1. The molecule has 0 radical (unpaired) electrons. The zero-order valence-electron chi connectivity index (χ0n) is 5.29. The van der Waals surface area contributed by atoms with Crippen LogP contribution in [-0.2, 0) is 9.47 Å². The van der Waals surface area contributed by atoms with Gasteiger partial charge in [-0.05, 0) is 10.1 Å². The molecule has 1 fully saturated rings. The van der Waals surface area contributed by atoms with Crippen molar-refractivity contribution in [2.75, 3.05) is 6.61 Å². The lowest BCUT2D eigenvalue weighted by Crippen LogP contribution is -1.93. The summed E-state index contributed by atoms with van der Waals surface area (Å²) in [6.07, 6.45) is 4.08. The van der Waals surface area contributed by atoms with Crippen molar-refractivity contribution in [2.24, 2.45) is 0 Å². The third-order valence-corrected chi connectivity index (χ3v) is 2.95. The fourth-order valence-corrected chi connectivity index (χ4v) is 2.00. The van der Waals surface area contributed by atoms with Gasteiger partial charge in [0, 0.05) is 4.08 Å². The van der Waals surface area contributed by atoms with E-state index in [9.17, 15) is 0 Å². The molecule has 2 nitrogen and oxygen atoms in total. The predicted octanol–water partition coefficient (Wildman–Crippen LogP) is 1.54. The lowest BCUT2D eigenvalue weighted by atomic mass is 10.5. The number of hydrogen-bond donors (Lipinski definition) is 0. The van der Waals surface area contributed by atoms with E-state index >= 15 is 0 Å². The molecule has 0 aliphatic carbocycles. The van der Waals surface area contributed by atoms with E-state index in [0.29, 0.717) is 0 Å². The van der Waals surface area contributed by atoms with Crippen molar-refractivity contribution in [3.8, 4) is 0 Å². The summed E-state index contributed by atoms with van der Waals surface area (Å²) in [5.41, 5.74) is 0. The van der Waals surface area contributed by atoms with E-state index < -0.39 is 0 Å². The maximum atomic E-state index is 5.36. The van der Waals surface area contributed by atoms with E-state index in [-0.39, 0.29) is 27.0 Å². The van der Waals surface area contributed by atoms with E-state index in [1.165, 1.54) is 0 Å². The van der Waals surface area contributed by atoms with Gasteiger partial charge in [-0.1, -0.05) is 26.8 Å². The lowest BCUT2D eigenvalue weighted by molar-refractivity contribution is 0.115. The van der Waals surface area contributed by atoms with E-state index in [2.05, 4.69) is 8.09 Å². The fraction of sp³-hybridized carbons (Fsp3) is 0.286. The highest BCUT2D eigenvalue weighted by Crippen LogP contribution is 2.20. The molecule has 0 aromatic carbocycles. The number of allylic oxidation sites excluding steroid dienone is 2. The molecule has 1 unspecified atom stereocenters. The minimum absolute atomic E-state index is 0.0537. The Labute approximate surface area is 69.3 Å². The predicted molar refractivity (Wildman–Crippen MR) is 48.1 cm³/mol. The summed E-state index contributed by atoms with van der Waals surface area (Å²) in [7, 11) is 0. The van der Waals surface area contributed by atoms with Crippen LogP contribution in [0.5, 0.6) is 0 Å². The second kappa shape index (κ2) is 2.84. The van der Waals surface area contributed by atoms with Gasteiger partial charge in [-0.25, -0.2) is 0 Å². The molecule has 0 aromatic rings. The van der Waals surface area contributed by atoms with E-state index in [1.54, 1.807) is 0 Å². The molecule has 0 amide bonds. The van der Waals surface area contributed by atoms with Gasteiger partial charge in [0.25, 0.3) is 0 Å². The van der Waals surface area contributed by atoms with Gasteiger partial charge < -0.3 is 9.47 Å². The second-order valence-electron chi connectivity index (χ2n) is 2.00. The van der Waals surface area contributed by atoms with Gasteiger partial charge >= 0.3 is 0 Å². The Bertz CT molecular complexity index is 214. The third-order valence-electron chi connectivity index (χ3n) is 1.15. The highest BCUT2D eigenvalue weighted by molar-refractivity contribution is 14.2. The molecule has 2 rings (SSSR count). The topological polar surface area (TPSA) is 21.8 Å². The van der Waals surface area contributed by atoms with Crippen LogP contribution in [0.1, 0.15) is 0 Å². The summed E-state index contributed by atoms with van der Waals surface area (Å²) in [6, 6.07) is 0. The van der Waals surface area contributed by atoms with E-state index in [4.69, 9.17) is 9.47 Å². The molecule has 0 saturated carbocycles. The van der Waals surface area contributed by atoms with Crippen LogP contribution in [0.3, 0.4) is 0 Å². The Morgan fingerprint density at radius 1 is 1.70 bits per heavy atom. The quantitative estimate of drug-likeness (QED) is 0.547. The summed E-state index contributed by atoms with van der Waals surface area (Å²) in [4.78, 5) is 0. The normalized spacial score (nSPS) is 28.8. The maximum Gasteiger partial charge on any atom is 0.223 e. The Morgan fingerprint density at radius 2 is 2.60 bits per heavy atom. The average Bonchev–Trinajstić information content (AvgIpc) is 2.74. The minimum atomic E-state index is 0.0537. The molecule has 1 atom stereocenters. The van der Waals surface area contributed by atoms with E-state index in [0.717, 1.165) is 12.4 Å². The fourth-order valence-electron chi connectivity index (χ4n) is 0.632. The van der Waals surface area contributed by atoms with Gasteiger partial charge in [-0.2, -0.15) is 0 Å². The molecule has 0 aromatic heterocycles. The van der Waals surface area contributed by atoms with Crippen molar-refractivity contribution in [1.82, 2.24) is 0 Å². The summed E-state index contributed by atoms with van der Waals surface area (Å²) in [6.45, 7) is 0.757. The van der Waals surface area contributed by atoms with E-state index in [1.807, 2.05) is 12.2 Å². The first-order valence-corrected chi connectivity index (χ1v) is 5.54. The van der Waals surface area contributed by atoms with Crippen molar-refractivity contribution in [3.63, 3.8) is 0 Å². The first-order chi connectivity index (χ1) is 4.95. The highest BCUT2D eigenvalue weighted by Gasteiger charge is 2.24. The van der Waals surface area contributed by atoms with Crippen LogP contribution in [-0.4, -0.2) is 16.9 Å². The monoisotopic (exact) mass is 250 g/mol. The molecule has 3 heteroatoms. The van der Waals surface area contributed by atoms with Crippen molar-refractivity contribution in [1.29, 1.82) is 0 Å². The van der Waals surface area contributed by atoms with Gasteiger partial charge in [0.05, 0.1) is 0 Å². The highest BCUT2D eigenvalue weighted by atomic mass is 127. The Hall–Kier alpha value is -0.160. The molecule has 10 heavy (non-hydrogen) atoms. The second-order valence-corrected chi connectivity index (χ2v) is 4.06. The van der Waals surface area contributed by atoms with Gasteiger partial charge in [0.1, 0.15) is 12.4 Å². The molecular weight excluding hydrogens is 243 g/mol. The van der Waals surface area contributed by atoms with Crippen LogP contribution in [0.2, 0.25) is 0 Å². The number of halogens is 1. The van der Waals surface area contributed by atoms with Crippen LogP contribution in [0.4, 0.5) is 0 Å². The number of hydrogen-bond acceptors (Lipinski definition) is 2. The average molecular weight is 250 g/mol. The standard InChI is InChI=1S/C7H7IO2/c1-2-6(4-8-3-1)10-7-5-9-7/h1-4,7H,5H2. The summed E-state index contributed by atoms with van der Waals surface area (Å²) in [5, 5.41) is 0. The molecule has 0 bridgehead atoms. The maximum absolute atomic E-state index is 5.36. The van der Waals surface area contributed by atoms with Gasteiger partial charge in [0.15, 0.2) is 0 Å². The van der Waals surface area contributed by atoms with Crippen molar-refractivity contribution < 1.29 is 9.47 Å². The zero-order chi connectivity index (χ0) is 6.81. The van der Waals surface area contributed by atoms with Gasteiger partial charge in [-0.15, -0.1) is 0 Å². The van der Waals surface area contributed by atoms with Crippen LogP contribution in [0, 0.1) is 0 Å². The lowest BCUT2D eigenvalue weighted by Gasteiger charge is -2.02. The molecule has 0 N–H and O–H groups in total. The van der Waals surface area contributed by atoms with Gasteiger partial charge in [0.2, 0.25) is 6.29 Å². The van der Waals surface area contributed by atoms with Crippen molar-refractivity contribution >= 4 is 24.7 Å². The Balaban J connectivity index is 1.96. The molecule has 2 aliphatic rings.